The lowest BCUT2D eigenvalue weighted by Crippen LogP contribution is -2.33. The SMILES string of the molecule is C#CC(CC)NC(=O)c1cn(CCN)cn1. The normalized spacial score (nSPS) is 11.8. The van der Waals surface area contributed by atoms with Crippen LogP contribution < -0.4 is 11.1 Å². The van der Waals surface area contributed by atoms with Crippen molar-refractivity contribution in [2.24, 2.45) is 5.73 Å². The fraction of sp³-hybridized carbons (Fsp3) is 0.455. The first kappa shape index (κ1) is 12.3. The van der Waals surface area contributed by atoms with Gasteiger partial charge in [0.2, 0.25) is 0 Å². The highest BCUT2D eigenvalue weighted by Gasteiger charge is 2.12. The van der Waals surface area contributed by atoms with Crippen LogP contribution in [0.4, 0.5) is 0 Å². The summed E-state index contributed by atoms with van der Waals surface area (Å²) in [7, 11) is 0. The van der Waals surface area contributed by atoms with Gasteiger partial charge >= 0.3 is 0 Å². The van der Waals surface area contributed by atoms with Gasteiger partial charge in [-0.25, -0.2) is 4.98 Å². The number of hydrogen-bond donors (Lipinski definition) is 2. The van der Waals surface area contributed by atoms with Crippen molar-refractivity contribution in [3.05, 3.63) is 18.2 Å². The van der Waals surface area contributed by atoms with Gasteiger partial charge in [0, 0.05) is 19.3 Å². The van der Waals surface area contributed by atoms with Crippen LogP contribution in [0.2, 0.25) is 0 Å². The highest BCUT2D eigenvalue weighted by Crippen LogP contribution is 1.98. The maximum absolute atomic E-state index is 11.7. The molecule has 0 saturated carbocycles. The molecular formula is C11H16N4O. The summed E-state index contributed by atoms with van der Waals surface area (Å²) >= 11 is 0. The molecule has 0 radical (unpaired) electrons. The van der Waals surface area contributed by atoms with Crippen molar-refractivity contribution in [1.82, 2.24) is 14.9 Å². The van der Waals surface area contributed by atoms with Crippen LogP contribution in [-0.4, -0.2) is 28.0 Å². The Labute approximate surface area is 95.0 Å². The van der Waals surface area contributed by atoms with Crippen LogP contribution >= 0.6 is 0 Å². The molecule has 0 aliphatic heterocycles. The molecule has 5 nitrogen and oxygen atoms in total. The number of rotatable bonds is 5. The monoisotopic (exact) mass is 220 g/mol. The zero-order chi connectivity index (χ0) is 12.0. The van der Waals surface area contributed by atoms with E-state index in [4.69, 9.17) is 12.2 Å². The van der Waals surface area contributed by atoms with Crippen LogP contribution in [0, 0.1) is 12.3 Å². The van der Waals surface area contributed by atoms with Crippen molar-refractivity contribution in [3.8, 4) is 12.3 Å². The van der Waals surface area contributed by atoms with Gasteiger partial charge in [-0.15, -0.1) is 6.42 Å². The summed E-state index contributed by atoms with van der Waals surface area (Å²) in [5, 5.41) is 2.71. The molecule has 0 bridgehead atoms. The number of nitrogens with one attached hydrogen (secondary N) is 1. The average molecular weight is 220 g/mol. The Morgan fingerprint density at radius 2 is 2.56 bits per heavy atom. The van der Waals surface area contributed by atoms with Crippen LogP contribution in [-0.2, 0) is 6.54 Å². The highest BCUT2D eigenvalue weighted by molar-refractivity contribution is 5.92. The number of nitrogens with two attached hydrogens (primary N) is 1. The third kappa shape index (κ3) is 3.11. The third-order valence-corrected chi connectivity index (χ3v) is 2.17. The minimum atomic E-state index is -0.249. The lowest BCUT2D eigenvalue weighted by Gasteiger charge is -2.08. The molecule has 0 aliphatic rings. The van der Waals surface area contributed by atoms with E-state index in [2.05, 4.69) is 16.2 Å². The standard InChI is InChI=1S/C11H16N4O/c1-3-9(4-2)14-11(16)10-7-15(6-5-12)8-13-10/h1,7-9H,4-6,12H2,2H3,(H,14,16). The van der Waals surface area contributed by atoms with Crippen LogP contribution in [0.1, 0.15) is 23.8 Å². The summed E-state index contributed by atoms with van der Waals surface area (Å²) in [6, 6.07) is -0.243. The van der Waals surface area contributed by atoms with Crippen molar-refractivity contribution < 1.29 is 4.79 Å². The molecule has 0 spiro atoms. The van der Waals surface area contributed by atoms with Crippen LogP contribution in [0.15, 0.2) is 12.5 Å². The van der Waals surface area contributed by atoms with Gasteiger partial charge < -0.3 is 15.6 Å². The second-order valence-corrected chi connectivity index (χ2v) is 3.39. The van der Waals surface area contributed by atoms with Crippen molar-refractivity contribution in [1.29, 1.82) is 0 Å². The van der Waals surface area contributed by atoms with Gasteiger partial charge in [-0.2, -0.15) is 0 Å². The zero-order valence-corrected chi connectivity index (χ0v) is 9.31. The van der Waals surface area contributed by atoms with Crippen molar-refractivity contribution >= 4 is 5.91 Å². The van der Waals surface area contributed by atoms with Gasteiger partial charge in [-0.1, -0.05) is 12.8 Å². The fourth-order valence-corrected chi connectivity index (χ4v) is 1.24. The number of nitrogens with zero attached hydrogens (tertiary/aromatic N) is 2. The van der Waals surface area contributed by atoms with Gasteiger partial charge in [0.05, 0.1) is 12.4 Å². The van der Waals surface area contributed by atoms with E-state index in [1.54, 1.807) is 17.1 Å². The Kier molecular flexibility index (Phi) is 4.55. The molecule has 1 amide bonds. The highest BCUT2D eigenvalue weighted by atomic mass is 16.1. The van der Waals surface area contributed by atoms with Crippen molar-refractivity contribution in [2.45, 2.75) is 25.9 Å². The lowest BCUT2D eigenvalue weighted by molar-refractivity contribution is 0.0940. The molecule has 1 aromatic heterocycles. The molecule has 1 rings (SSSR count). The van der Waals surface area contributed by atoms with E-state index in [1.165, 1.54) is 0 Å². The Bertz CT molecular complexity index is 391. The van der Waals surface area contributed by atoms with E-state index in [0.29, 0.717) is 25.2 Å². The molecule has 5 heteroatoms. The molecule has 0 fully saturated rings. The molecular weight excluding hydrogens is 204 g/mol. The van der Waals surface area contributed by atoms with Gasteiger partial charge in [-0.05, 0) is 6.42 Å². The molecule has 1 unspecified atom stereocenters. The van der Waals surface area contributed by atoms with E-state index >= 15 is 0 Å². The van der Waals surface area contributed by atoms with E-state index in [1.807, 2.05) is 6.92 Å². The van der Waals surface area contributed by atoms with E-state index in [-0.39, 0.29) is 11.9 Å². The number of carbonyl (C=O) groups is 1. The topological polar surface area (TPSA) is 72.9 Å². The number of imidazole rings is 1. The number of terminal acetylenes is 1. The van der Waals surface area contributed by atoms with Crippen molar-refractivity contribution in [2.75, 3.05) is 6.54 Å². The van der Waals surface area contributed by atoms with Crippen LogP contribution in [0.25, 0.3) is 0 Å². The van der Waals surface area contributed by atoms with Crippen LogP contribution in [0.3, 0.4) is 0 Å². The number of hydrogen-bond acceptors (Lipinski definition) is 3. The molecule has 0 aromatic carbocycles. The second kappa shape index (κ2) is 5.93. The zero-order valence-electron chi connectivity index (χ0n) is 9.31. The summed E-state index contributed by atoms with van der Waals surface area (Å²) in [6.45, 7) is 3.07. The minimum absolute atomic E-state index is 0.243. The Hall–Kier alpha value is -1.80. The first-order chi connectivity index (χ1) is 7.71. The number of amides is 1. The van der Waals surface area contributed by atoms with Gasteiger partial charge in [0.15, 0.2) is 0 Å². The Balaban J connectivity index is 2.62. The van der Waals surface area contributed by atoms with Crippen LogP contribution in [0.5, 0.6) is 0 Å². The summed E-state index contributed by atoms with van der Waals surface area (Å²) in [6.07, 6.45) is 9.20. The first-order valence-corrected chi connectivity index (χ1v) is 5.20. The van der Waals surface area contributed by atoms with E-state index in [9.17, 15) is 4.79 Å². The smallest absolute Gasteiger partial charge is 0.272 e. The van der Waals surface area contributed by atoms with Gasteiger partial charge in [0.1, 0.15) is 5.69 Å². The molecule has 16 heavy (non-hydrogen) atoms. The number of aromatic nitrogens is 2. The van der Waals surface area contributed by atoms with Gasteiger partial charge in [0.25, 0.3) is 5.91 Å². The van der Waals surface area contributed by atoms with E-state index < -0.39 is 0 Å². The molecule has 86 valence electrons. The lowest BCUT2D eigenvalue weighted by atomic mass is 10.2. The molecule has 3 N–H and O–H groups in total. The molecule has 0 saturated heterocycles. The average Bonchev–Trinajstić information content (AvgIpc) is 2.74. The maximum Gasteiger partial charge on any atom is 0.272 e. The predicted molar refractivity (Wildman–Crippen MR) is 61.7 cm³/mol. The minimum Gasteiger partial charge on any atom is -0.337 e. The maximum atomic E-state index is 11.7. The largest absolute Gasteiger partial charge is 0.337 e. The predicted octanol–water partition coefficient (Wildman–Crippen LogP) is -0.0166. The molecule has 1 heterocycles. The summed E-state index contributed by atoms with van der Waals surface area (Å²) in [5.41, 5.74) is 5.76. The second-order valence-electron chi connectivity index (χ2n) is 3.39. The molecule has 1 aromatic rings. The summed E-state index contributed by atoms with van der Waals surface area (Å²) < 4.78 is 1.77. The summed E-state index contributed by atoms with van der Waals surface area (Å²) in [5.74, 6) is 2.25. The quantitative estimate of drug-likeness (QED) is 0.685. The van der Waals surface area contributed by atoms with E-state index in [0.717, 1.165) is 0 Å². The Morgan fingerprint density at radius 3 is 3.12 bits per heavy atom. The first-order valence-electron chi connectivity index (χ1n) is 5.20. The Morgan fingerprint density at radius 1 is 1.81 bits per heavy atom. The number of carbonyl (C=O) groups excluding carboxylic acids is 1. The molecule has 0 aliphatic carbocycles. The van der Waals surface area contributed by atoms with Gasteiger partial charge in [-0.3, -0.25) is 4.79 Å². The van der Waals surface area contributed by atoms with Crippen molar-refractivity contribution in [3.63, 3.8) is 0 Å². The molecule has 1 atom stereocenters. The summed E-state index contributed by atoms with van der Waals surface area (Å²) in [4.78, 5) is 15.7. The third-order valence-electron chi connectivity index (χ3n) is 2.17. The fourth-order valence-electron chi connectivity index (χ4n) is 1.24.